The van der Waals surface area contributed by atoms with Crippen LogP contribution in [0.1, 0.15) is 30.1 Å². The summed E-state index contributed by atoms with van der Waals surface area (Å²) >= 11 is 0. The SMILES string of the molecule is O=C([C@@H]1Cc2ccccc2S(=O)(=O)N1)N1CCC(c2ncc[nH]2)CC1. The Hall–Kier alpha value is -2.19. The lowest BCUT2D eigenvalue weighted by Gasteiger charge is -2.35. The summed E-state index contributed by atoms with van der Waals surface area (Å²) in [5.74, 6) is 1.14. The molecule has 2 aliphatic rings. The number of hydrogen-bond donors (Lipinski definition) is 2. The van der Waals surface area contributed by atoms with Crippen molar-refractivity contribution in [3.8, 4) is 0 Å². The Bertz CT molecular complexity index is 871. The number of aromatic amines is 1. The van der Waals surface area contributed by atoms with Crippen LogP contribution >= 0.6 is 0 Å². The Morgan fingerprint density at radius 2 is 1.96 bits per heavy atom. The van der Waals surface area contributed by atoms with Gasteiger partial charge in [0, 0.05) is 31.4 Å². The van der Waals surface area contributed by atoms with Crippen LogP contribution in [0.2, 0.25) is 0 Å². The maximum atomic E-state index is 12.8. The molecule has 2 N–H and O–H groups in total. The minimum atomic E-state index is -3.63. The highest BCUT2D eigenvalue weighted by molar-refractivity contribution is 7.89. The van der Waals surface area contributed by atoms with Crippen LogP contribution in [0, 0.1) is 0 Å². The molecule has 0 spiro atoms. The monoisotopic (exact) mass is 360 g/mol. The Labute approximate surface area is 146 Å². The van der Waals surface area contributed by atoms with Crippen molar-refractivity contribution in [3.63, 3.8) is 0 Å². The largest absolute Gasteiger partial charge is 0.348 e. The Balaban J connectivity index is 1.46. The minimum absolute atomic E-state index is 0.143. The molecule has 1 saturated heterocycles. The number of sulfonamides is 1. The van der Waals surface area contributed by atoms with E-state index in [1.165, 1.54) is 0 Å². The molecule has 1 aromatic carbocycles. The van der Waals surface area contributed by atoms with Crippen molar-refractivity contribution >= 4 is 15.9 Å². The number of imidazole rings is 1. The summed E-state index contributed by atoms with van der Waals surface area (Å²) in [5, 5.41) is 0. The minimum Gasteiger partial charge on any atom is -0.348 e. The molecular formula is C17H20N4O3S. The van der Waals surface area contributed by atoms with Crippen molar-refractivity contribution in [2.24, 2.45) is 0 Å². The number of rotatable bonds is 2. The maximum absolute atomic E-state index is 12.8. The molecule has 0 aliphatic carbocycles. The maximum Gasteiger partial charge on any atom is 0.241 e. The molecule has 132 valence electrons. The first kappa shape index (κ1) is 16.3. The van der Waals surface area contributed by atoms with Crippen LogP contribution in [0.3, 0.4) is 0 Å². The summed E-state index contributed by atoms with van der Waals surface area (Å²) in [6.45, 7) is 1.23. The van der Waals surface area contributed by atoms with E-state index in [1.807, 2.05) is 0 Å². The lowest BCUT2D eigenvalue weighted by molar-refractivity contribution is -0.134. The van der Waals surface area contributed by atoms with Crippen molar-refractivity contribution in [3.05, 3.63) is 48.0 Å². The van der Waals surface area contributed by atoms with Crippen molar-refractivity contribution < 1.29 is 13.2 Å². The Morgan fingerprint density at radius 1 is 1.20 bits per heavy atom. The van der Waals surface area contributed by atoms with Gasteiger partial charge in [-0.25, -0.2) is 13.4 Å². The van der Waals surface area contributed by atoms with Gasteiger partial charge in [0.1, 0.15) is 11.9 Å². The number of nitrogens with zero attached hydrogens (tertiary/aromatic N) is 2. The number of benzene rings is 1. The van der Waals surface area contributed by atoms with E-state index in [0.717, 1.165) is 18.7 Å². The molecule has 3 heterocycles. The van der Waals surface area contributed by atoms with Crippen LogP contribution in [0.15, 0.2) is 41.6 Å². The molecule has 7 nitrogen and oxygen atoms in total. The Kier molecular flexibility index (Phi) is 4.09. The van der Waals surface area contributed by atoms with Crippen LogP contribution in [-0.2, 0) is 21.2 Å². The second kappa shape index (κ2) is 6.27. The van der Waals surface area contributed by atoms with Gasteiger partial charge in [0.05, 0.1) is 4.90 Å². The van der Waals surface area contributed by atoms with Gasteiger partial charge in [-0.1, -0.05) is 18.2 Å². The van der Waals surface area contributed by atoms with E-state index >= 15 is 0 Å². The second-order valence-corrected chi connectivity index (χ2v) is 8.24. The van der Waals surface area contributed by atoms with Crippen LogP contribution in [0.25, 0.3) is 0 Å². The van der Waals surface area contributed by atoms with Crippen LogP contribution in [0.4, 0.5) is 0 Å². The van der Waals surface area contributed by atoms with Gasteiger partial charge in [0.25, 0.3) is 0 Å². The van der Waals surface area contributed by atoms with Gasteiger partial charge >= 0.3 is 0 Å². The number of H-pyrrole nitrogens is 1. The molecule has 1 amide bonds. The van der Waals surface area contributed by atoms with Crippen LogP contribution < -0.4 is 4.72 Å². The fourth-order valence-corrected chi connectivity index (χ4v) is 5.12. The van der Waals surface area contributed by atoms with Crippen LogP contribution in [0.5, 0.6) is 0 Å². The number of piperidine rings is 1. The normalized spacial score (nSPS) is 23.2. The lowest BCUT2D eigenvalue weighted by atomic mass is 9.95. The fourth-order valence-electron chi connectivity index (χ4n) is 3.68. The van der Waals surface area contributed by atoms with Crippen LogP contribution in [-0.4, -0.2) is 48.3 Å². The second-order valence-electron chi connectivity index (χ2n) is 6.56. The van der Waals surface area contributed by atoms with Crippen molar-refractivity contribution in [1.29, 1.82) is 0 Å². The summed E-state index contributed by atoms with van der Waals surface area (Å²) in [7, 11) is -3.63. The number of carbonyl (C=O) groups excluding carboxylic acids is 1. The zero-order chi connectivity index (χ0) is 17.4. The van der Waals surface area contributed by atoms with Gasteiger partial charge in [-0.05, 0) is 30.9 Å². The summed E-state index contributed by atoms with van der Waals surface area (Å²) < 4.78 is 27.3. The third-order valence-electron chi connectivity index (χ3n) is 4.99. The van der Waals surface area contributed by atoms with Gasteiger partial charge < -0.3 is 9.88 Å². The zero-order valence-electron chi connectivity index (χ0n) is 13.7. The van der Waals surface area contributed by atoms with Crippen molar-refractivity contribution in [2.45, 2.75) is 36.1 Å². The molecule has 0 unspecified atom stereocenters. The molecule has 0 bridgehead atoms. The number of hydrogen-bond acceptors (Lipinski definition) is 4. The highest BCUT2D eigenvalue weighted by atomic mass is 32.2. The van der Waals surface area contributed by atoms with Gasteiger partial charge in [-0.15, -0.1) is 0 Å². The quantitative estimate of drug-likeness (QED) is 0.836. The molecule has 8 heteroatoms. The number of likely N-dealkylation sites (tertiary alicyclic amines) is 1. The van der Waals surface area contributed by atoms with E-state index in [4.69, 9.17) is 0 Å². The topological polar surface area (TPSA) is 95.2 Å². The summed E-state index contributed by atoms with van der Waals surface area (Å²) in [6.07, 6.45) is 5.60. The average Bonchev–Trinajstić information content (AvgIpc) is 3.15. The first-order chi connectivity index (χ1) is 12.0. The molecule has 0 saturated carbocycles. The van der Waals surface area contributed by atoms with E-state index in [1.54, 1.807) is 41.6 Å². The number of aromatic nitrogens is 2. The summed E-state index contributed by atoms with van der Waals surface area (Å²) in [4.78, 5) is 22.3. The van der Waals surface area contributed by atoms with E-state index in [9.17, 15) is 13.2 Å². The number of nitrogens with one attached hydrogen (secondary N) is 2. The fraction of sp³-hybridized carbons (Fsp3) is 0.412. The molecule has 2 aliphatic heterocycles. The van der Waals surface area contributed by atoms with Gasteiger partial charge in [-0.2, -0.15) is 4.72 Å². The van der Waals surface area contributed by atoms with E-state index < -0.39 is 16.1 Å². The zero-order valence-corrected chi connectivity index (χ0v) is 14.5. The first-order valence-electron chi connectivity index (χ1n) is 8.43. The van der Waals surface area contributed by atoms with Gasteiger partial charge in [0.15, 0.2) is 0 Å². The summed E-state index contributed by atoms with van der Waals surface area (Å²) in [5.41, 5.74) is 0.699. The molecule has 1 aromatic heterocycles. The van der Waals surface area contributed by atoms with E-state index in [2.05, 4.69) is 14.7 Å². The third-order valence-corrected chi connectivity index (χ3v) is 6.57. The number of fused-ring (bicyclic) bond motifs is 1. The lowest BCUT2D eigenvalue weighted by Crippen LogP contribution is -2.53. The average molecular weight is 360 g/mol. The highest BCUT2D eigenvalue weighted by Gasteiger charge is 2.36. The molecule has 2 aromatic rings. The van der Waals surface area contributed by atoms with Gasteiger partial charge in [0.2, 0.25) is 15.9 Å². The number of amides is 1. The molecule has 25 heavy (non-hydrogen) atoms. The van der Waals surface area contributed by atoms with Gasteiger partial charge in [-0.3, -0.25) is 4.79 Å². The highest BCUT2D eigenvalue weighted by Crippen LogP contribution is 2.27. The first-order valence-corrected chi connectivity index (χ1v) is 9.91. The summed E-state index contributed by atoms with van der Waals surface area (Å²) in [6, 6.07) is 6.13. The smallest absolute Gasteiger partial charge is 0.241 e. The number of carbonyl (C=O) groups is 1. The molecular weight excluding hydrogens is 340 g/mol. The van der Waals surface area contributed by atoms with E-state index in [-0.39, 0.29) is 10.8 Å². The predicted octanol–water partition coefficient (Wildman–Crippen LogP) is 1.02. The van der Waals surface area contributed by atoms with E-state index in [0.29, 0.717) is 31.0 Å². The predicted molar refractivity (Wildman–Crippen MR) is 91.4 cm³/mol. The molecule has 1 fully saturated rings. The molecule has 4 rings (SSSR count). The van der Waals surface area contributed by atoms with Crippen molar-refractivity contribution in [1.82, 2.24) is 19.6 Å². The van der Waals surface area contributed by atoms with Crippen molar-refractivity contribution in [2.75, 3.05) is 13.1 Å². The molecule has 0 radical (unpaired) electrons. The Morgan fingerprint density at radius 3 is 2.68 bits per heavy atom. The standard InChI is InChI=1S/C17H20N4O3S/c22-17(21-9-5-12(6-10-21)16-18-7-8-19-16)14-11-13-3-1-2-4-15(13)25(23,24)20-14/h1-4,7-8,12,14,20H,5-6,9-11H2,(H,18,19)/t14-/m0/s1. The molecule has 1 atom stereocenters. The third kappa shape index (κ3) is 3.07.